The molecule has 1 aromatic heterocycles. The zero-order valence-corrected chi connectivity index (χ0v) is 31.8. The summed E-state index contributed by atoms with van der Waals surface area (Å²) in [5, 5.41) is 2.31. The minimum absolute atomic E-state index is 0.0832. The van der Waals surface area contributed by atoms with Gasteiger partial charge in [-0.2, -0.15) is 0 Å². The van der Waals surface area contributed by atoms with Gasteiger partial charge in [-0.15, -0.1) is 0 Å². The number of rotatable bonds is 5. The lowest BCUT2D eigenvalue weighted by Gasteiger charge is -2.11. The molecule has 3 nitrogen and oxygen atoms in total. The van der Waals surface area contributed by atoms with Gasteiger partial charge in [0.2, 0.25) is 0 Å². The van der Waals surface area contributed by atoms with Crippen LogP contribution in [0.2, 0.25) is 0 Å². The number of carbonyl (C=O) groups excluding carboxylic acids is 2. The molecule has 59 heavy (non-hydrogen) atoms. The van der Waals surface area contributed by atoms with Gasteiger partial charge in [-0.25, -0.2) is 0 Å². The first-order chi connectivity index (χ1) is 29.1. The van der Waals surface area contributed by atoms with E-state index in [1.165, 1.54) is 0 Å². The van der Waals surface area contributed by atoms with Crippen molar-refractivity contribution < 1.29 is 9.59 Å². The summed E-state index contributed by atoms with van der Waals surface area (Å²) in [5.74, 6) is 0.166. The standard InChI is InChI=1S/C56H33NO2/c58-55-47-20-6-4-18-43(47)45-24-10-22-41(53(45)55)38-14-8-12-34(30-38)36-26-28-51-49(32-36)50-33-37(27-29-52(50)57(51)40-16-2-1-3-17-40)35-13-9-15-39(31-35)42-23-11-25-46-44-19-5-7-21-48(44)56(59)54(42)46/h1-33H. The number of ketones is 2. The molecule has 2 aliphatic rings. The lowest BCUT2D eigenvalue weighted by molar-refractivity contribution is 0.103. The Morgan fingerprint density at radius 1 is 0.271 bits per heavy atom. The van der Waals surface area contributed by atoms with Crippen molar-refractivity contribution in [1.82, 2.24) is 4.57 Å². The molecular weight excluding hydrogens is 719 g/mol. The van der Waals surface area contributed by atoms with Crippen LogP contribution in [-0.4, -0.2) is 16.1 Å². The molecule has 2 aliphatic carbocycles. The van der Waals surface area contributed by atoms with Crippen molar-refractivity contribution in [2.75, 3.05) is 0 Å². The first-order valence-corrected chi connectivity index (χ1v) is 20.0. The molecular formula is C56H33NO2. The van der Waals surface area contributed by atoms with Crippen LogP contribution >= 0.6 is 0 Å². The minimum atomic E-state index is 0.0832. The van der Waals surface area contributed by atoms with E-state index in [1.807, 2.05) is 48.5 Å². The van der Waals surface area contributed by atoms with Crippen LogP contribution < -0.4 is 0 Å². The summed E-state index contributed by atoms with van der Waals surface area (Å²) in [5.41, 5.74) is 18.7. The quantitative estimate of drug-likeness (QED) is 0.176. The summed E-state index contributed by atoms with van der Waals surface area (Å²) in [6.45, 7) is 0. The van der Waals surface area contributed by atoms with E-state index in [9.17, 15) is 9.59 Å². The van der Waals surface area contributed by atoms with Crippen LogP contribution in [-0.2, 0) is 0 Å². The van der Waals surface area contributed by atoms with Gasteiger partial charge in [-0.1, -0.05) is 152 Å². The first-order valence-electron chi connectivity index (χ1n) is 20.0. The maximum Gasteiger partial charge on any atom is 0.194 e. The second-order valence-electron chi connectivity index (χ2n) is 15.5. The SMILES string of the molecule is O=C1c2ccccc2-c2cccc(-c3cccc(-c4ccc5c(c4)c4cc(-c6cccc(-c7cccc8c7C(=O)c7ccccc7-8)c6)ccc4n5-c4ccccc4)c3)c21. The van der Waals surface area contributed by atoms with Gasteiger partial charge < -0.3 is 4.57 Å². The second kappa shape index (κ2) is 12.8. The summed E-state index contributed by atoms with van der Waals surface area (Å²) in [6, 6.07) is 69.3. The molecule has 3 heteroatoms. The molecule has 9 aromatic carbocycles. The highest BCUT2D eigenvalue weighted by atomic mass is 16.1. The van der Waals surface area contributed by atoms with Gasteiger partial charge in [0.15, 0.2) is 11.6 Å². The predicted octanol–water partition coefficient (Wildman–Crippen LogP) is 13.9. The van der Waals surface area contributed by atoms with E-state index in [0.717, 1.165) is 117 Å². The third kappa shape index (κ3) is 5.02. The van der Waals surface area contributed by atoms with E-state index in [0.29, 0.717) is 0 Å². The second-order valence-corrected chi connectivity index (χ2v) is 15.5. The highest BCUT2D eigenvalue weighted by Gasteiger charge is 2.30. The lowest BCUT2D eigenvalue weighted by Crippen LogP contribution is -1.98. The van der Waals surface area contributed by atoms with Gasteiger partial charge in [-0.05, 0) is 115 Å². The Bertz CT molecular complexity index is 3220. The molecule has 10 aromatic rings. The average Bonchev–Trinajstić information content (AvgIpc) is 3.90. The molecule has 0 spiro atoms. The normalized spacial score (nSPS) is 12.5. The van der Waals surface area contributed by atoms with Crippen LogP contribution in [0.5, 0.6) is 0 Å². The van der Waals surface area contributed by atoms with Crippen LogP contribution in [0.4, 0.5) is 0 Å². The Hall–Kier alpha value is -7.88. The van der Waals surface area contributed by atoms with Gasteiger partial charge in [0.1, 0.15) is 0 Å². The van der Waals surface area contributed by atoms with Crippen molar-refractivity contribution in [3.05, 3.63) is 222 Å². The predicted molar refractivity (Wildman–Crippen MR) is 240 cm³/mol. The maximum atomic E-state index is 13.7. The summed E-state index contributed by atoms with van der Waals surface area (Å²) in [4.78, 5) is 27.5. The summed E-state index contributed by atoms with van der Waals surface area (Å²) < 4.78 is 2.35. The largest absolute Gasteiger partial charge is 0.309 e. The molecule has 0 bridgehead atoms. The van der Waals surface area contributed by atoms with Gasteiger partial charge in [-0.3, -0.25) is 9.59 Å². The fraction of sp³-hybridized carbons (Fsp3) is 0. The minimum Gasteiger partial charge on any atom is -0.309 e. The van der Waals surface area contributed by atoms with Crippen LogP contribution in [0, 0.1) is 0 Å². The molecule has 274 valence electrons. The fourth-order valence-corrected chi connectivity index (χ4v) is 9.60. The fourth-order valence-electron chi connectivity index (χ4n) is 9.60. The molecule has 0 N–H and O–H groups in total. The van der Waals surface area contributed by atoms with Crippen LogP contribution in [0.1, 0.15) is 31.8 Å². The molecule has 0 atom stereocenters. The van der Waals surface area contributed by atoms with E-state index in [-0.39, 0.29) is 11.6 Å². The van der Waals surface area contributed by atoms with Crippen LogP contribution in [0.3, 0.4) is 0 Å². The Morgan fingerprint density at radius 2 is 0.644 bits per heavy atom. The highest BCUT2D eigenvalue weighted by Crippen LogP contribution is 2.45. The molecule has 0 saturated heterocycles. The first kappa shape index (κ1) is 33.3. The Labute approximate surface area is 341 Å². The summed E-state index contributed by atoms with van der Waals surface area (Å²) in [7, 11) is 0. The zero-order chi connectivity index (χ0) is 39.2. The third-order valence-corrected chi connectivity index (χ3v) is 12.3. The van der Waals surface area contributed by atoms with E-state index in [4.69, 9.17) is 0 Å². The van der Waals surface area contributed by atoms with Gasteiger partial charge in [0, 0.05) is 38.7 Å². The number of para-hydroxylation sites is 1. The van der Waals surface area contributed by atoms with Crippen molar-refractivity contribution in [1.29, 1.82) is 0 Å². The van der Waals surface area contributed by atoms with Crippen molar-refractivity contribution in [2.45, 2.75) is 0 Å². The average molecular weight is 752 g/mol. The molecule has 0 fully saturated rings. The number of aromatic nitrogens is 1. The van der Waals surface area contributed by atoms with E-state index < -0.39 is 0 Å². The number of hydrogen-bond acceptors (Lipinski definition) is 2. The molecule has 0 amide bonds. The number of carbonyl (C=O) groups is 2. The lowest BCUT2D eigenvalue weighted by atomic mass is 9.92. The molecule has 0 radical (unpaired) electrons. The number of nitrogens with zero attached hydrogens (tertiary/aromatic N) is 1. The summed E-state index contributed by atoms with van der Waals surface area (Å²) >= 11 is 0. The van der Waals surface area contributed by atoms with Crippen LogP contribution in [0.25, 0.3) is 94.3 Å². The van der Waals surface area contributed by atoms with E-state index >= 15 is 0 Å². The smallest absolute Gasteiger partial charge is 0.194 e. The Morgan fingerprint density at radius 3 is 1.14 bits per heavy atom. The van der Waals surface area contributed by atoms with E-state index in [1.54, 1.807) is 0 Å². The molecule has 12 rings (SSSR count). The van der Waals surface area contributed by atoms with E-state index in [2.05, 4.69) is 156 Å². The number of benzene rings is 9. The maximum absolute atomic E-state index is 13.7. The third-order valence-electron chi connectivity index (χ3n) is 12.3. The van der Waals surface area contributed by atoms with Crippen molar-refractivity contribution >= 4 is 33.4 Å². The molecule has 0 saturated carbocycles. The monoisotopic (exact) mass is 751 g/mol. The summed E-state index contributed by atoms with van der Waals surface area (Å²) in [6.07, 6.45) is 0. The van der Waals surface area contributed by atoms with Crippen molar-refractivity contribution in [2.24, 2.45) is 0 Å². The topological polar surface area (TPSA) is 39.1 Å². The van der Waals surface area contributed by atoms with Gasteiger partial charge >= 0.3 is 0 Å². The van der Waals surface area contributed by atoms with Crippen molar-refractivity contribution in [3.63, 3.8) is 0 Å². The Kier molecular flexibility index (Phi) is 7.23. The van der Waals surface area contributed by atoms with Gasteiger partial charge in [0.05, 0.1) is 11.0 Å². The number of fused-ring (bicyclic) bond motifs is 9. The zero-order valence-electron chi connectivity index (χ0n) is 31.8. The Balaban J connectivity index is 0.987. The highest BCUT2D eigenvalue weighted by molar-refractivity contribution is 6.25. The molecule has 0 aliphatic heterocycles. The molecule has 1 heterocycles. The van der Waals surface area contributed by atoms with Gasteiger partial charge in [0.25, 0.3) is 0 Å². The number of hydrogen-bond donors (Lipinski definition) is 0. The van der Waals surface area contributed by atoms with Crippen molar-refractivity contribution in [3.8, 4) is 72.4 Å². The van der Waals surface area contributed by atoms with Crippen LogP contribution in [0.15, 0.2) is 200 Å². The molecule has 0 unspecified atom stereocenters.